The van der Waals surface area contributed by atoms with E-state index in [0.717, 1.165) is 16.6 Å². The summed E-state index contributed by atoms with van der Waals surface area (Å²) >= 11 is 5.81. The van der Waals surface area contributed by atoms with E-state index in [1.165, 1.54) is 49.1 Å². The van der Waals surface area contributed by atoms with Gasteiger partial charge in [0.25, 0.3) is 0 Å². The van der Waals surface area contributed by atoms with Crippen molar-refractivity contribution in [3.8, 4) is 0 Å². The molecule has 2 fully saturated rings. The number of rotatable bonds is 5. The summed E-state index contributed by atoms with van der Waals surface area (Å²) in [6, 6.07) is 13.1. The zero-order valence-electron chi connectivity index (χ0n) is 18.3. The first-order valence-electron chi connectivity index (χ1n) is 11.3. The van der Waals surface area contributed by atoms with Gasteiger partial charge in [0, 0.05) is 23.6 Å². The summed E-state index contributed by atoms with van der Waals surface area (Å²) in [5, 5.41) is 4.31. The van der Waals surface area contributed by atoms with Gasteiger partial charge in [-0.15, -0.1) is 0 Å². The largest absolute Gasteiger partial charge is 0.467 e. The molecule has 2 aliphatic rings. The molecule has 0 radical (unpaired) electrons. The predicted molar refractivity (Wildman–Crippen MR) is 126 cm³/mol. The minimum atomic E-state index is 0.00367. The molecule has 162 valence electrons. The number of aryl methyl sites for hydroxylation is 1. The van der Waals surface area contributed by atoms with Crippen LogP contribution in [-0.4, -0.2) is 19.6 Å². The molecule has 0 bridgehead atoms. The molecule has 0 spiro atoms. The van der Waals surface area contributed by atoms with Crippen LogP contribution in [0.2, 0.25) is 0 Å². The highest BCUT2D eigenvalue weighted by Crippen LogP contribution is 2.43. The van der Waals surface area contributed by atoms with Crippen molar-refractivity contribution in [1.82, 2.24) is 19.8 Å². The quantitative estimate of drug-likeness (QED) is 0.517. The molecule has 3 aromatic heterocycles. The third kappa shape index (κ3) is 3.78. The van der Waals surface area contributed by atoms with Gasteiger partial charge in [0.1, 0.15) is 5.76 Å². The molecule has 6 heteroatoms. The van der Waals surface area contributed by atoms with Crippen LogP contribution < -0.4 is 5.32 Å². The fraction of sp³-hybridized carbons (Fsp3) is 0.440. The van der Waals surface area contributed by atoms with Crippen molar-refractivity contribution in [2.75, 3.05) is 0 Å². The van der Waals surface area contributed by atoms with Gasteiger partial charge in [-0.3, -0.25) is 4.98 Å². The topological polar surface area (TPSA) is 46.2 Å². The highest BCUT2D eigenvalue weighted by atomic mass is 32.1. The van der Waals surface area contributed by atoms with Gasteiger partial charge < -0.3 is 19.2 Å². The maximum atomic E-state index is 5.81. The number of furan rings is 1. The second kappa shape index (κ2) is 8.50. The van der Waals surface area contributed by atoms with Gasteiger partial charge >= 0.3 is 0 Å². The lowest BCUT2D eigenvalue weighted by Gasteiger charge is -2.29. The highest BCUT2D eigenvalue weighted by Gasteiger charge is 2.42. The highest BCUT2D eigenvalue weighted by molar-refractivity contribution is 7.80. The zero-order chi connectivity index (χ0) is 21.4. The molecule has 1 N–H and O–H groups in total. The second-order valence-corrected chi connectivity index (χ2v) is 9.21. The van der Waals surface area contributed by atoms with E-state index < -0.39 is 0 Å². The summed E-state index contributed by atoms with van der Waals surface area (Å²) in [6.45, 7) is 5.16. The lowest BCUT2D eigenvalue weighted by molar-refractivity contribution is 0.284. The normalized spacial score (nSPS) is 22.1. The van der Waals surface area contributed by atoms with E-state index in [4.69, 9.17) is 16.6 Å². The molecular weight excluding hydrogens is 404 g/mol. The van der Waals surface area contributed by atoms with Crippen LogP contribution in [0.25, 0.3) is 0 Å². The number of aromatic nitrogens is 2. The fourth-order valence-corrected chi connectivity index (χ4v) is 5.79. The molecule has 5 rings (SSSR count). The Balaban J connectivity index is 1.57. The first kappa shape index (κ1) is 20.3. The van der Waals surface area contributed by atoms with E-state index in [-0.39, 0.29) is 12.1 Å². The average molecular weight is 435 g/mol. The lowest BCUT2D eigenvalue weighted by atomic mass is 9.94. The van der Waals surface area contributed by atoms with Gasteiger partial charge in [-0.25, -0.2) is 0 Å². The minimum absolute atomic E-state index is 0.00367. The van der Waals surface area contributed by atoms with Crippen LogP contribution >= 0.6 is 12.2 Å². The van der Waals surface area contributed by atoms with Crippen LogP contribution in [0.1, 0.15) is 78.6 Å². The lowest BCUT2D eigenvalue weighted by Crippen LogP contribution is -2.29. The first-order valence-corrected chi connectivity index (χ1v) is 11.7. The predicted octanol–water partition coefficient (Wildman–Crippen LogP) is 5.77. The SMILES string of the molecule is Cc1cc(C2C(c3ccccn3)NC(=S)N2Cc2ccco2)c(C)n1C1CCCCC1. The Morgan fingerprint density at radius 2 is 1.97 bits per heavy atom. The van der Waals surface area contributed by atoms with Crippen LogP contribution in [0, 0.1) is 13.8 Å². The fourth-order valence-electron chi connectivity index (χ4n) is 5.49. The van der Waals surface area contributed by atoms with Gasteiger partial charge in [0.15, 0.2) is 5.11 Å². The maximum absolute atomic E-state index is 5.81. The second-order valence-electron chi connectivity index (χ2n) is 8.82. The number of pyridine rings is 1. The number of hydrogen-bond donors (Lipinski definition) is 1. The van der Waals surface area contributed by atoms with Gasteiger partial charge in [-0.1, -0.05) is 25.3 Å². The van der Waals surface area contributed by atoms with E-state index in [9.17, 15) is 0 Å². The molecule has 1 aliphatic heterocycles. The van der Waals surface area contributed by atoms with Gasteiger partial charge in [0.05, 0.1) is 30.6 Å². The van der Waals surface area contributed by atoms with E-state index in [1.807, 2.05) is 30.5 Å². The summed E-state index contributed by atoms with van der Waals surface area (Å²) in [6.07, 6.45) is 10.1. The van der Waals surface area contributed by atoms with Crippen LogP contribution in [0.3, 0.4) is 0 Å². The van der Waals surface area contributed by atoms with Crippen molar-refractivity contribution in [2.24, 2.45) is 0 Å². The minimum Gasteiger partial charge on any atom is -0.467 e. The third-order valence-corrected chi connectivity index (χ3v) is 7.24. The standard InChI is InChI=1S/C25H30N4OS/c1-17-15-21(18(2)29(17)19-9-4-3-5-10-19)24-23(22-12-6-7-13-26-22)27-25(31)28(24)16-20-11-8-14-30-20/h6-8,11-15,19,23-24H,3-5,9-10,16H2,1-2H3,(H,27,31). The monoisotopic (exact) mass is 434 g/mol. The molecule has 2 atom stereocenters. The number of thiocarbonyl (C=S) groups is 1. The number of nitrogens with zero attached hydrogens (tertiary/aromatic N) is 3. The summed E-state index contributed by atoms with van der Waals surface area (Å²) < 4.78 is 8.25. The summed E-state index contributed by atoms with van der Waals surface area (Å²) in [4.78, 5) is 6.94. The maximum Gasteiger partial charge on any atom is 0.170 e. The van der Waals surface area contributed by atoms with Crippen LogP contribution in [-0.2, 0) is 6.54 Å². The number of hydrogen-bond acceptors (Lipinski definition) is 3. The van der Waals surface area contributed by atoms with Gasteiger partial charge in [-0.2, -0.15) is 0 Å². The van der Waals surface area contributed by atoms with Crippen molar-refractivity contribution in [3.05, 3.63) is 77.3 Å². The van der Waals surface area contributed by atoms with Crippen LogP contribution in [0.4, 0.5) is 0 Å². The molecule has 5 nitrogen and oxygen atoms in total. The molecule has 1 aliphatic carbocycles. The Morgan fingerprint density at radius 3 is 2.68 bits per heavy atom. The molecule has 1 saturated carbocycles. The van der Waals surface area contributed by atoms with E-state index in [0.29, 0.717) is 12.6 Å². The third-order valence-electron chi connectivity index (χ3n) is 6.89. The van der Waals surface area contributed by atoms with Crippen LogP contribution in [0.5, 0.6) is 0 Å². The Kier molecular flexibility index (Phi) is 5.57. The molecule has 2 unspecified atom stereocenters. The average Bonchev–Trinajstić information content (AvgIpc) is 3.49. The van der Waals surface area contributed by atoms with Crippen molar-refractivity contribution >= 4 is 17.3 Å². The summed E-state index contributed by atoms with van der Waals surface area (Å²) in [5.41, 5.74) is 5.04. The summed E-state index contributed by atoms with van der Waals surface area (Å²) in [5.74, 6) is 0.914. The Bertz CT molecular complexity index is 1040. The first-order chi connectivity index (χ1) is 15.1. The van der Waals surface area contributed by atoms with Crippen molar-refractivity contribution in [2.45, 2.75) is 70.6 Å². The van der Waals surface area contributed by atoms with Crippen molar-refractivity contribution < 1.29 is 4.42 Å². The zero-order valence-corrected chi connectivity index (χ0v) is 19.1. The molecule has 31 heavy (non-hydrogen) atoms. The molecular formula is C25H30N4OS. The molecule has 4 heterocycles. The Morgan fingerprint density at radius 1 is 1.13 bits per heavy atom. The van der Waals surface area contributed by atoms with E-state index in [1.54, 1.807) is 6.26 Å². The van der Waals surface area contributed by atoms with E-state index in [2.05, 4.69) is 45.7 Å². The Labute approximate surface area is 189 Å². The molecule has 3 aromatic rings. The summed E-state index contributed by atoms with van der Waals surface area (Å²) in [7, 11) is 0. The van der Waals surface area contributed by atoms with Crippen LogP contribution in [0.15, 0.2) is 53.3 Å². The molecule has 1 saturated heterocycles. The molecule has 0 amide bonds. The molecule has 0 aromatic carbocycles. The van der Waals surface area contributed by atoms with Crippen molar-refractivity contribution in [3.63, 3.8) is 0 Å². The van der Waals surface area contributed by atoms with Gasteiger partial charge in [-0.05, 0) is 74.8 Å². The van der Waals surface area contributed by atoms with Crippen molar-refractivity contribution in [1.29, 1.82) is 0 Å². The number of nitrogens with one attached hydrogen (secondary N) is 1. The van der Waals surface area contributed by atoms with E-state index >= 15 is 0 Å². The smallest absolute Gasteiger partial charge is 0.170 e. The Hall–Kier alpha value is -2.60. The van der Waals surface area contributed by atoms with Gasteiger partial charge in [0.2, 0.25) is 0 Å².